The molecule has 0 fully saturated rings. The molecule has 1 N–H and O–H groups in total. The fourth-order valence-electron chi connectivity index (χ4n) is 2.35. The van der Waals surface area contributed by atoms with Gasteiger partial charge >= 0.3 is 0 Å². The van der Waals surface area contributed by atoms with E-state index in [1.165, 1.54) is 0 Å². The molecular formula is C17H16ClN3O2S. The van der Waals surface area contributed by atoms with Gasteiger partial charge in [0.05, 0.1) is 17.8 Å². The van der Waals surface area contributed by atoms with Crippen LogP contribution in [0.3, 0.4) is 0 Å². The number of nitrogens with zero attached hydrogens (tertiary/aromatic N) is 2. The lowest BCUT2D eigenvalue weighted by Gasteiger charge is -2.11. The summed E-state index contributed by atoms with van der Waals surface area (Å²) in [6, 6.07) is 14.4. The Morgan fingerprint density at radius 1 is 1.08 bits per heavy atom. The number of sulfonamides is 1. The zero-order chi connectivity index (χ0) is 17.0. The van der Waals surface area contributed by atoms with Crippen LogP contribution in [0.25, 0.3) is 5.69 Å². The molecule has 0 spiro atoms. The molecule has 0 saturated heterocycles. The van der Waals surface area contributed by atoms with E-state index in [2.05, 4.69) is 9.71 Å². The van der Waals surface area contributed by atoms with Crippen LogP contribution >= 0.6 is 11.6 Å². The molecule has 5 nitrogen and oxygen atoms in total. The third kappa shape index (κ3) is 4.23. The lowest BCUT2D eigenvalue weighted by molar-refractivity contribution is 0.580. The highest BCUT2D eigenvalue weighted by Gasteiger charge is 2.13. The maximum Gasteiger partial charge on any atom is 0.216 e. The zero-order valence-electron chi connectivity index (χ0n) is 12.8. The summed E-state index contributed by atoms with van der Waals surface area (Å²) in [5.74, 6) is -0.0859. The van der Waals surface area contributed by atoms with E-state index in [9.17, 15) is 8.42 Å². The number of aromatic nitrogens is 2. The minimum Gasteiger partial charge on any atom is -0.306 e. The van der Waals surface area contributed by atoms with Gasteiger partial charge in [0.15, 0.2) is 0 Å². The van der Waals surface area contributed by atoms with Crippen molar-refractivity contribution in [1.29, 1.82) is 0 Å². The molecule has 24 heavy (non-hydrogen) atoms. The van der Waals surface area contributed by atoms with Gasteiger partial charge in [-0.25, -0.2) is 18.1 Å². The second kappa shape index (κ2) is 7.17. The van der Waals surface area contributed by atoms with Crippen molar-refractivity contribution in [3.63, 3.8) is 0 Å². The van der Waals surface area contributed by atoms with Crippen LogP contribution in [0.15, 0.2) is 67.3 Å². The van der Waals surface area contributed by atoms with Crippen LogP contribution in [0.5, 0.6) is 0 Å². The standard InChI is InChI=1S/C17H16ClN3O2S/c18-16-7-5-14(6-8-16)12-24(22,23)20-11-15-3-1-2-4-17(15)21-10-9-19-13-21/h1-10,13,20H,11-12H2. The summed E-state index contributed by atoms with van der Waals surface area (Å²) in [7, 11) is -3.45. The molecular weight excluding hydrogens is 346 g/mol. The predicted molar refractivity (Wildman–Crippen MR) is 94.5 cm³/mol. The summed E-state index contributed by atoms with van der Waals surface area (Å²) in [6.07, 6.45) is 5.18. The Bertz CT molecular complexity index is 907. The minimum absolute atomic E-state index is 0.0859. The number of halogens is 1. The maximum absolute atomic E-state index is 12.3. The Morgan fingerprint density at radius 3 is 2.54 bits per heavy atom. The smallest absolute Gasteiger partial charge is 0.216 e. The molecule has 0 radical (unpaired) electrons. The Morgan fingerprint density at radius 2 is 1.83 bits per heavy atom. The summed E-state index contributed by atoms with van der Waals surface area (Å²) in [5, 5.41) is 0.582. The van der Waals surface area contributed by atoms with Crippen molar-refractivity contribution >= 4 is 21.6 Å². The fraction of sp³-hybridized carbons (Fsp3) is 0.118. The highest BCUT2D eigenvalue weighted by atomic mass is 35.5. The summed E-state index contributed by atoms with van der Waals surface area (Å²) < 4.78 is 29.1. The first-order chi connectivity index (χ1) is 11.5. The molecule has 0 aliphatic carbocycles. The van der Waals surface area contributed by atoms with Crippen molar-refractivity contribution in [2.45, 2.75) is 12.3 Å². The van der Waals surface area contributed by atoms with Gasteiger partial charge in [-0.15, -0.1) is 0 Å². The van der Waals surface area contributed by atoms with Crippen LogP contribution < -0.4 is 4.72 Å². The van der Waals surface area contributed by atoms with Crippen LogP contribution in [-0.4, -0.2) is 18.0 Å². The van der Waals surface area contributed by atoms with Gasteiger partial charge < -0.3 is 4.57 Å². The van der Waals surface area contributed by atoms with Crippen molar-refractivity contribution in [3.8, 4) is 5.69 Å². The quantitative estimate of drug-likeness (QED) is 0.733. The average Bonchev–Trinajstić information content (AvgIpc) is 3.10. The van der Waals surface area contributed by atoms with E-state index in [-0.39, 0.29) is 12.3 Å². The van der Waals surface area contributed by atoms with Gasteiger partial charge in [0.1, 0.15) is 0 Å². The predicted octanol–water partition coefficient (Wildman–Crippen LogP) is 3.15. The largest absolute Gasteiger partial charge is 0.306 e. The molecule has 2 aromatic carbocycles. The number of hydrogen-bond donors (Lipinski definition) is 1. The van der Waals surface area contributed by atoms with Gasteiger partial charge in [-0.05, 0) is 29.3 Å². The van der Waals surface area contributed by atoms with Gasteiger partial charge in [0.25, 0.3) is 0 Å². The normalized spacial score (nSPS) is 11.5. The molecule has 0 aliphatic heterocycles. The third-order valence-corrected chi connectivity index (χ3v) is 5.08. The Kier molecular flexibility index (Phi) is 4.99. The number of nitrogens with one attached hydrogen (secondary N) is 1. The van der Waals surface area contributed by atoms with Gasteiger partial charge in [-0.2, -0.15) is 0 Å². The van der Waals surface area contributed by atoms with Crippen LogP contribution in [0.4, 0.5) is 0 Å². The molecule has 0 atom stereocenters. The molecule has 7 heteroatoms. The number of rotatable bonds is 6. The first kappa shape index (κ1) is 16.7. The first-order valence-corrected chi connectivity index (χ1v) is 9.34. The molecule has 0 amide bonds. The third-order valence-electron chi connectivity index (χ3n) is 3.53. The Hall–Kier alpha value is -2.15. The maximum atomic E-state index is 12.3. The second-order valence-corrected chi connectivity index (χ2v) is 7.55. The number of para-hydroxylation sites is 1. The molecule has 3 aromatic rings. The highest BCUT2D eigenvalue weighted by Crippen LogP contribution is 2.15. The van der Waals surface area contributed by atoms with E-state index in [1.807, 2.05) is 35.0 Å². The van der Waals surface area contributed by atoms with E-state index >= 15 is 0 Å². The molecule has 0 unspecified atom stereocenters. The van der Waals surface area contributed by atoms with Crippen molar-refractivity contribution in [3.05, 3.63) is 83.4 Å². The van der Waals surface area contributed by atoms with Crippen molar-refractivity contribution in [2.75, 3.05) is 0 Å². The van der Waals surface area contributed by atoms with Gasteiger partial charge in [-0.3, -0.25) is 0 Å². The van der Waals surface area contributed by atoms with Crippen LogP contribution in [0.1, 0.15) is 11.1 Å². The minimum atomic E-state index is -3.45. The lowest BCUT2D eigenvalue weighted by Crippen LogP contribution is -2.25. The van der Waals surface area contributed by atoms with Crippen molar-refractivity contribution in [1.82, 2.24) is 14.3 Å². The van der Waals surface area contributed by atoms with Crippen LogP contribution in [0.2, 0.25) is 5.02 Å². The van der Waals surface area contributed by atoms with Crippen LogP contribution in [-0.2, 0) is 22.3 Å². The van der Waals surface area contributed by atoms with Gasteiger partial charge in [-0.1, -0.05) is 41.9 Å². The molecule has 124 valence electrons. The highest BCUT2D eigenvalue weighted by molar-refractivity contribution is 7.88. The summed E-state index contributed by atoms with van der Waals surface area (Å²) >= 11 is 5.82. The van der Waals surface area contributed by atoms with Gasteiger partial charge in [0, 0.05) is 24.0 Å². The number of imidazole rings is 1. The molecule has 1 heterocycles. The van der Waals surface area contributed by atoms with Gasteiger partial charge in [0.2, 0.25) is 10.0 Å². The van der Waals surface area contributed by atoms with Crippen LogP contribution in [0, 0.1) is 0 Å². The summed E-state index contributed by atoms with van der Waals surface area (Å²) in [6.45, 7) is 0.213. The van der Waals surface area contributed by atoms with E-state index in [4.69, 9.17) is 11.6 Å². The second-order valence-electron chi connectivity index (χ2n) is 5.31. The molecule has 0 bridgehead atoms. The molecule has 0 aliphatic rings. The first-order valence-electron chi connectivity index (χ1n) is 7.31. The van der Waals surface area contributed by atoms with E-state index in [0.29, 0.717) is 10.6 Å². The Labute approximate surface area is 146 Å². The van der Waals surface area contributed by atoms with Crippen molar-refractivity contribution < 1.29 is 8.42 Å². The van der Waals surface area contributed by atoms with E-state index in [0.717, 1.165) is 11.3 Å². The Balaban J connectivity index is 1.72. The average molecular weight is 362 g/mol. The van der Waals surface area contributed by atoms with E-state index in [1.54, 1.807) is 36.8 Å². The molecule has 3 rings (SSSR count). The summed E-state index contributed by atoms with van der Waals surface area (Å²) in [5.41, 5.74) is 2.45. The monoisotopic (exact) mass is 361 g/mol. The number of hydrogen-bond acceptors (Lipinski definition) is 3. The topological polar surface area (TPSA) is 64.0 Å². The molecule has 1 aromatic heterocycles. The number of benzene rings is 2. The SMILES string of the molecule is O=S(=O)(Cc1ccc(Cl)cc1)NCc1ccccc1-n1ccnc1. The fourth-order valence-corrected chi connectivity index (χ4v) is 3.59. The lowest BCUT2D eigenvalue weighted by atomic mass is 10.2. The van der Waals surface area contributed by atoms with Crippen molar-refractivity contribution in [2.24, 2.45) is 0 Å². The van der Waals surface area contributed by atoms with E-state index < -0.39 is 10.0 Å². The molecule has 0 saturated carbocycles. The summed E-state index contributed by atoms with van der Waals surface area (Å²) in [4.78, 5) is 4.03. The zero-order valence-corrected chi connectivity index (χ0v) is 14.3.